The maximum atomic E-state index is 11.0. The van der Waals surface area contributed by atoms with Gasteiger partial charge in [-0.25, -0.2) is 8.42 Å². The van der Waals surface area contributed by atoms with Gasteiger partial charge in [0.25, 0.3) is 0 Å². The molecule has 0 radical (unpaired) electrons. The molecule has 0 bridgehead atoms. The zero-order valence-corrected chi connectivity index (χ0v) is 10.3. The molecule has 0 saturated carbocycles. The minimum Gasteiger partial charge on any atom is -0.380 e. The molecule has 80 valence electrons. The highest BCUT2D eigenvalue weighted by Gasteiger charge is 2.11. The van der Waals surface area contributed by atoms with Crippen molar-refractivity contribution in [2.75, 3.05) is 17.3 Å². The molecule has 6 heteroatoms. The van der Waals surface area contributed by atoms with E-state index in [4.69, 9.17) is 11.6 Å². The highest BCUT2D eigenvalue weighted by atomic mass is 35.5. The number of thiophene rings is 1. The molecule has 3 nitrogen and oxygen atoms in total. The van der Waals surface area contributed by atoms with Crippen LogP contribution in [0.2, 0.25) is 4.34 Å². The minimum atomic E-state index is -2.94. The fourth-order valence-electron chi connectivity index (χ4n) is 1.16. The fraction of sp³-hybridized carbons (Fsp3) is 0.500. The Morgan fingerprint density at radius 3 is 2.71 bits per heavy atom. The number of hydrogen-bond donors (Lipinski definition) is 1. The summed E-state index contributed by atoms with van der Waals surface area (Å²) in [4.78, 5) is 0. The largest absolute Gasteiger partial charge is 0.380 e. The van der Waals surface area contributed by atoms with Crippen molar-refractivity contribution in [1.29, 1.82) is 0 Å². The van der Waals surface area contributed by atoms with Crippen LogP contribution in [0.5, 0.6) is 0 Å². The van der Waals surface area contributed by atoms with E-state index in [0.717, 1.165) is 5.69 Å². The van der Waals surface area contributed by atoms with E-state index in [-0.39, 0.29) is 11.8 Å². The van der Waals surface area contributed by atoms with Gasteiger partial charge in [-0.1, -0.05) is 11.6 Å². The molecule has 1 aromatic heterocycles. The van der Waals surface area contributed by atoms with Crippen LogP contribution in [0.1, 0.15) is 6.92 Å². The molecule has 0 aromatic carbocycles. The van der Waals surface area contributed by atoms with E-state index in [1.165, 1.54) is 17.6 Å². The molecular weight excluding hydrogens is 242 g/mol. The van der Waals surface area contributed by atoms with Crippen LogP contribution in [0.15, 0.2) is 11.4 Å². The first-order valence-corrected chi connectivity index (χ1v) is 7.37. The summed E-state index contributed by atoms with van der Waals surface area (Å²) in [5.74, 6) is 0.110. The number of halogens is 1. The maximum Gasteiger partial charge on any atom is 0.149 e. The molecule has 1 heterocycles. The lowest BCUT2D eigenvalue weighted by Gasteiger charge is -2.12. The monoisotopic (exact) mass is 253 g/mol. The van der Waals surface area contributed by atoms with Crippen molar-refractivity contribution < 1.29 is 8.42 Å². The second kappa shape index (κ2) is 4.51. The van der Waals surface area contributed by atoms with Crippen LogP contribution >= 0.6 is 22.9 Å². The topological polar surface area (TPSA) is 46.2 Å². The predicted octanol–water partition coefficient (Wildman–Crippen LogP) is 2.25. The summed E-state index contributed by atoms with van der Waals surface area (Å²) in [6.45, 7) is 1.81. The van der Waals surface area contributed by atoms with E-state index in [9.17, 15) is 8.42 Å². The van der Waals surface area contributed by atoms with E-state index < -0.39 is 9.84 Å². The first kappa shape index (κ1) is 11.8. The molecule has 0 aliphatic rings. The van der Waals surface area contributed by atoms with Crippen molar-refractivity contribution >= 4 is 38.5 Å². The van der Waals surface area contributed by atoms with Crippen LogP contribution in [-0.4, -0.2) is 26.5 Å². The second-order valence-corrected chi connectivity index (χ2v) is 6.95. The van der Waals surface area contributed by atoms with Gasteiger partial charge in [0.15, 0.2) is 0 Å². The van der Waals surface area contributed by atoms with Crippen molar-refractivity contribution in [2.24, 2.45) is 0 Å². The van der Waals surface area contributed by atoms with Crippen LogP contribution in [0.3, 0.4) is 0 Å². The van der Waals surface area contributed by atoms with Gasteiger partial charge in [0, 0.05) is 12.3 Å². The lowest BCUT2D eigenvalue weighted by Crippen LogP contribution is -2.24. The summed E-state index contributed by atoms with van der Waals surface area (Å²) in [5, 5.41) is 4.90. The Labute approximate surface area is 93.0 Å². The quantitative estimate of drug-likeness (QED) is 0.895. The molecular formula is C8H12ClNO2S2. The maximum absolute atomic E-state index is 11.0. The Hall–Kier alpha value is -0.260. The number of hydrogen-bond acceptors (Lipinski definition) is 4. The first-order valence-electron chi connectivity index (χ1n) is 4.06. The molecule has 1 aromatic rings. The van der Waals surface area contributed by atoms with Crippen LogP contribution in [0.4, 0.5) is 5.69 Å². The van der Waals surface area contributed by atoms with Gasteiger partial charge in [-0.2, -0.15) is 0 Å². The number of sulfone groups is 1. The summed E-state index contributed by atoms with van der Waals surface area (Å²) in [6, 6.07) is 1.71. The van der Waals surface area contributed by atoms with Gasteiger partial charge in [0.2, 0.25) is 0 Å². The first-order chi connectivity index (χ1) is 6.38. The number of rotatable bonds is 4. The van der Waals surface area contributed by atoms with Gasteiger partial charge in [0.05, 0.1) is 11.4 Å². The van der Waals surface area contributed by atoms with Gasteiger partial charge < -0.3 is 5.32 Å². The molecule has 1 unspecified atom stereocenters. The molecule has 0 saturated heterocycles. The average molecular weight is 254 g/mol. The van der Waals surface area contributed by atoms with Crippen molar-refractivity contribution in [2.45, 2.75) is 13.0 Å². The fourth-order valence-corrected chi connectivity index (χ4v) is 3.00. The van der Waals surface area contributed by atoms with Crippen molar-refractivity contribution in [3.05, 3.63) is 15.8 Å². The lowest BCUT2D eigenvalue weighted by atomic mass is 10.4. The molecule has 0 spiro atoms. The molecule has 0 amide bonds. The van der Waals surface area contributed by atoms with Crippen LogP contribution in [0.25, 0.3) is 0 Å². The number of anilines is 1. The summed E-state index contributed by atoms with van der Waals surface area (Å²) in [5.41, 5.74) is 0.799. The highest BCUT2D eigenvalue weighted by Crippen LogP contribution is 2.28. The molecule has 0 aliphatic carbocycles. The molecule has 0 aliphatic heterocycles. The SMILES string of the molecule is CC(CS(C)(=O)=O)Nc1ccsc1Cl. The van der Waals surface area contributed by atoms with Crippen molar-refractivity contribution in [1.82, 2.24) is 0 Å². The molecule has 1 rings (SSSR count). The number of nitrogens with one attached hydrogen (secondary N) is 1. The lowest BCUT2D eigenvalue weighted by molar-refractivity contribution is 0.598. The van der Waals surface area contributed by atoms with Gasteiger partial charge in [-0.15, -0.1) is 11.3 Å². The molecule has 14 heavy (non-hydrogen) atoms. The third-order valence-electron chi connectivity index (χ3n) is 1.57. The standard InChI is InChI=1S/C8H12ClNO2S2/c1-6(5-14(2,11)12)10-7-3-4-13-8(7)9/h3-4,6,10H,5H2,1-2H3. The van der Waals surface area contributed by atoms with Crippen LogP contribution in [0, 0.1) is 0 Å². The third kappa shape index (κ3) is 3.86. The summed E-state index contributed by atoms with van der Waals surface area (Å²) < 4.78 is 22.6. The Morgan fingerprint density at radius 1 is 1.64 bits per heavy atom. The Bertz CT molecular complexity index is 399. The predicted molar refractivity (Wildman–Crippen MR) is 62.1 cm³/mol. The van der Waals surface area contributed by atoms with Crippen LogP contribution < -0.4 is 5.32 Å². The molecule has 0 fully saturated rings. The summed E-state index contributed by atoms with van der Waals surface area (Å²) in [6.07, 6.45) is 1.22. The third-order valence-corrected chi connectivity index (χ3v) is 3.85. The van der Waals surface area contributed by atoms with E-state index in [1.54, 1.807) is 0 Å². The van der Waals surface area contributed by atoms with Gasteiger partial charge >= 0.3 is 0 Å². The Balaban J connectivity index is 2.58. The normalized spacial score (nSPS) is 13.9. The zero-order chi connectivity index (χ0) is 10.8. The summed E-state index contributed by atoms with van der Waals surface area (Å²) >= 11 is 7.28. The zero-order valence-electron chi connectivity index (χ0n) is 7.95. The van der Waals surface area contributed by atoms with Gasteiger partial charge in [-0.3, -0.25) is 0 Å². The van der Waals surface area contributed by atoms with E-state index in [1.807, 2.05) is 18.4 Å². The molecule has 1 N–H and O–H groups in total. The Kier molecular flexibility index (Phi) is 3.80. The Morgan fingerprint density at radius 2 is 2.29 bits per heavy atom. The smallest absolute Gasteiger partial charge is 0.149 e. The van der Waals surface area contributed by atoms with Crippen LogP contribution in [-0.2, 0) is 9.84 Å². The van der Waals surface area contributed by atoms with Gasteiger partial charge in [-0.05, 0) is 18.4 Å². The van der Waals surface area contributed by atoms with Gasteiger partial charge in [0.1, 0.15) is 14.2 Å². The van der Waals surface area contributed by atoms with E-state index in [2.05, 4.69) is 5.32 Å². The van der Waals surface area contributed by atoms with E-state index in [0.29, 0.717) is 4.34 Å². The van der Waals surface area contributed by atoms with Crippen molar-refractivity contribution in [3.63, 3.8) is 0 Å². The minimum absolute atomic E-state index is 0.110. The molecule has 1 atom stereocenters. The van der Waals surface area contributed by atoms with E-state index >= 15 is 0 Å². The highest BCUT2D eigenvalue weighted by molar-refractivity contribution is 7.90. The average Bonchev–Trinajstić information content (AvgIpc) is 2.32. The summed E-state index contributed by atoms with van der Waals surface area (Å²) in [7, 11) is -2.94. The van der Waals surface area contributed by atoms with Crippen molar-refractivity contribution in [3.8, 4) is 0 Å². The second-order valence-electron chi connectivity index (χ2n) is 3.25.